The van der Waals surface area contributed by atoms with Crippen molar-refractivity contribution in [2.24, 2.45) is 0 Å². The topological polar surface area (TPSA) is 47.9 Å². The van der Waals surface area contributed by atoms with Crippen molar-refractivity contribution in [2.75, 3.05) is 13.2 Å². The molecule has 0 aromatic rings. The Hall–Kier alpha value is 0.491. The quantitative estimate of drug-likeness (QED) is 0.625. The number of rotatable bonds is 10. The molecule has 0 aliphatic carbocycles. The first-order valence-electron chi connectivity index (χ1n) is 7.19. The lowest BCUT2D eigenvalue weighted by Crippen LogP contribution is -2.53. The summed E-state index contributed by atoms with van der Waals surface area (Å²) in [5, 5.41) is 8.95. The number of aliphatic hydroxyl groups excluding tert-OH is 1. The third kappa shape index (κ3) is 9.94. The Bertz CT molecular complexity index is 233. The van der Waals surface area contributed by atoms with Crippen molar-refractivity contribution in [3.63, 3.8) is 0 Å². The smallest absolute Gasteiger partial charge is 0.322 e. The van der Waals surface area contributed by atoms with Gasteiger partial charge in [0, 0.05) is 13.2 Å². The largest absolute Gasteiger partial charge is 0.436 e. The van der Waals surface area contributed by atoms with Crippen LogP contribution in [0.15, 0.2) is 0 Å². The summed E-state index contributed by atoms with van der Waals surface area (Å²) in [6.45, 7) is 15.9. The molecule has 19 heavy (non-hydrogen) atoms. The molecule has 0 amide bonds. The molecule has 7 heteroatoms. The Kier molecular flexibility index (Phi) is 8.27. The molecule has 0 radical (unpaired) electrons. The molecule has 0 spiro atoms. The normalized spacial score (nSPS) is 13.9. The number of hydrogen-bond donors (Lipinski definition) is 1. The van der Waals surface area contributed by atoms with Crippen LogP contribution in [0.5, 0.6) is 0 Å². The van der Waals surface area contributed by atoms with E-state index in [0.717, 1.165) is 25.5 Å². The van der Waals surface area contributed by atoms with E-state index in [1.807, 2.05) is 0 Å². The molecule has 0 bridgehead atoms. The van der Waals surface area contributed by atoms with Crippen LogP contribution in [0.2, 0.25) is 45.3 Å². The van der Waals surface area contributed by atoms with Crippen LogP contribution in [0, 0.1) is 0 Å². The fourth-order valence-corrected chi connectivity index (χ4v) is 15.2. The van der Waals surface area contributed by atoms with Gasteiger partial charge in [0.05, 0.1) is 0 Å². The highest BCUT2D eigenvalue weighted by Gasteiger charge is 2.40. The molecule has 0 unspecified atom stereocenters. The zero-order valence-electron chi connectivity index (χ0n) is 13.7. The Morgan fingerprint density at radius 1 is 0.895 bits per heavy atom. The lowest BCUT2D eigenvalue weighted by Gasteiger charge is -2.38. The summed E-state index contributed by atoms with van der Waals surface area (Å²) < 4.78 is 18.4. The minimum atomic E-state index is -2.16. The molecule has 0 aliphatic heterocycles. The van der Waals surface area contributed by atoms with Gasteiger partial charge in [-0.3, -0.25) is 0 Å². The first kappa shape index (κ1) is 19.5. The van der Waals surface area contributed by atoms with Gasteiger partial charge >= 0.3 is 17.1 Å². The maximum atomic E-state index is 8.95. The predicted molar refractivity (Wildman–Crippen MR) is 87.4 cm³/mol. The lowest BCUT2D eigenvalue weighted by molar-refractivity contribution is 0.229. The van der Waals surface area contributed by atoms with E-state index in [0.29, 0.717) is 0 Å². The van der Waals surface area contributed by atoms with Gasteiger partial charge in [0.15, 0.2) is 8.32 Å². The van der Waals surface area contributed by atoms with Gasteiger partial charge in [0.2, 0.25) is 0 Å². The number of hydrogen-bond acceptors (Lipinski definition) is 4. The van der Waals surface area contributed by atoms with E-state index in [1.165, 1.54) is 0 Å². The van der Waals surface area contributed by atoms with Gasteiger partial charge in [0.1, 0.15) is 0 Å². The van der Waals surface area contributed by atoms with Gasteiger partial charge in [-0.2, -0.15) is 0 Å². The van der Waals surface area contributed by atoms with Crippen LogP contribution < -0.4 is 0 Å². The molecule has 1 N–H and O–H groups in total. The second-order valence-electron chi connectivity index (χ2n) is 6.44. The average Bonchev–Trinajstić information content (AvgIpc) is 2.20. The van der Waals surface area contributed by atoms with Crippen molar-refractivity contribution < 1.29 is 17.8 Å². The Morgan fingerprint density at radius 2 is 1.47 bits per heavy atom. The van der Waals surface area contributed by atoms with Gasteiger partial charge in [-0.15, -0.1) is 0 Å². The summed E-state index contributed by atoms with van der Waals surface area (Å²) in [7, 11) is -5.99. The average molecular weight is 325 g/mol. The fourth-order valence-electron chi connectivity index (χ4n) is 2.21. The van der Waals surface area contributed by atoms with Crippen LogP contribution >= 0.6 is 0 Å². The molecule has 0 fully saturated rings. The van der Waals surface area contributed by atoms with Crippen molar-refractivity contribution in [2.45, 2.75) is 65.1 Å². The van der Waals surface area contributed by atoms with Crippen molar-refractivity contribution in [3.05, 3.63) is 0 Å². The maximum Gasteiger partial charge on any atom is 0.322 e. The van der Waals surface area contributed by atoms with Crippen LogP contribution in [0.4, 0.5) is 0 Å². The summed E-state index contributed by atoms with van der Waals surface area (Å²) in [6.07, 6.45) is 1.83. The zero-order valence-corrected chi connectivity index (χ0v) is 16.7. The van der Waals surface area contributed by atoms with E-state index >= 15 is 0 Å². The third-order valence-electron chi connectivity index (χ3n) is 2.60. The molecule has 116 valence electrons. The first-order valence-corrected chi connectivity index (χ1v) is 15.9. The maximum absolute atomic E-state index is 8.95. The summed E-state index contributed by atoms with van der Waals surface area (Å²) in [5.74, 6) is 0. The highest BCUT2D eigenvalue weighted by molar-refractivity contribution is 6.86. The van der Waals surface area contributed by atoms with E-state index in [2.05, 4.69) is 46.2 Å². The van der Waals surface area contributed by atoms with Crippen LogP contribution in [0.1, 0.15) is 19.8 Å². The van der Waals surface area contributed by atoms with Crippen LogP contribution in [-0.2, 0) is 12.7 Å². The third-order valence-corrected chi connectivity index (χ3v) is 13.2. The minimum absolute atomic E-state index is 0.239. The molecule has 0 heterocycles. The van der Waals surface area contributed by atoms with Gasteiger partial charge in [0.25, 0.3) is 0 Å². The van der Waals surface area contributed by atoms with Crippen molar-refractivity contribution in [3.8, 4) is 0 Å². The van der Waals surface area contributed by atoms with Crippen molar-refractivity contribution >= 4 is 25.4 Å². The molecule has 0 atom stereocenters. The van der Waals surface area contributed by atoms with E-state index in [4.69, 9.17) is 17.8 Å². The Labute approximate surface area is 122 Å². The fraction of sp³-hybridized carbons (Fsp3) is 1.00. The molecule has 0 aromatic carbocycles. The van der Waals surface area contributed by atoms with E-state index in [1.54, 1.807) is 0 Å². The Balaban J connectivity index is 4.44. The van der Waals surface area contributed by atoms with E-state index in [9.17, 15) is 0 Å². The van der Waals surface area contributed by atoms with Crippen LogP contribution in [0.25, 0.3) is 0 Å². The van der Waals surface area contributed by atoms with Crippen LogP contribution in [-0.4, -0.2) is 43.8 Å². The van der Waals surface area contributed by atoms with Gasteiger partial charge < -0.3 is 17.8 Å². The Morgan fingerprint density at radius 3 is 1.95 bits per heavy atom. The van der Waals surface area contributed by atoms with E-state index in [-0.39, 0.29) is 6.61 Å². The number of aliphatic hydroxyl groups is 1. The van der Waals surface area contributed by atoms with Gasteiger partial charge in [-0.25, -0.2) is 0 Å². The van der Waals surface area contributed by atoms with Gasteiger partial charge in [-0.05, 0) is 58.2 Å². The highest BCUT2D eigenvalue weighted by Crippen LogP contribution is 2.24. The summed E-state index contributed by atoms with van der Waals surface area (Å²) in [6, 6.07) is 0.973. The molecule has 0 aromatic heterocycles. The highest BCUT2D eigenvalue weighted by atomic mass is 28.5. The minimum Gasteiger partial charge on any atom is -0.436 e. The lowest BCUT2D eigenvalue weighted by atomic mass is 10.5. The first-order chi connectivity index (χ1) is 8.54. The van der Waals surface area contributed by atoms with Gasteiger partial charge in [-0.1, -0.05) is 6.92 Å². The molecule has 0 saturated heterocycles. The molecule has 0 rings (SSSR count). The molecular formula is C12H32O4Si3. The molecule has 4 nitrogen and oxygen atoms in total. The van der Waals surface area contributed by atoms with Crippen LogP contribution in [0.3, 0.4) is 0 Å². The summed E-state index contributed by atoms with van der Waals surface area (Å²) >= 11 is 0. The van der Waals surface area contributed by atoms with E-state index < -0.39 is 25.4 Å². The second kappa shape index (κ2) is 8.06. The van der Waals surface area contributed by atoms with Crippen molar-refractivity contribution in [1.82, 2.24) is 0 Å². The second-order valence-corrected chi connectivity index (χ2v) is 18.0. The molecule has 0 aliphatic rings. The predicted octanol–water partition coefficient (Wildman–Crippen LogP) is 3.44. The van der Waals surface area contributed by atoms with Crippen molar-refractivity contribution in [1.29, 1.82) is 0 Å². The monoisotopic (exact) mass is 324 g/mol. The standard InChI is InChI=1S/C12H32O4Si3/c1-8-11-14-18(4,5)16-19(6,7)15-17(2,3)12-9-10-13/h13H,8-12H2,1-7H3. The molecular weight excluding hydrogens is 292 g/mol. The summed E-state index contributed by atoms with van der Waals surface area (Å²) in [4.78, 5) is 0. The SMILES string of the molecule is CCCO[Si](C)(C)O[Si](C)(C)O[Si](C)(C)CCCO. The zero-order chi connectivity index (χ0) is 15.2. The molecule has 0 saturated carbocycles. The summed E-state index contributed by atoms with van der Waals surface area (Å²) in [5.41, 5.74) is 0.